The molecule has 0 aromatic heterocycles. The number of hydrogen-bond acceptors (Lipinski definition) is 0. The fourth-order valence-corrected chi connectivity index (χ4v) is 4.51. The van der Waals surface area contributed by atoms with Gasteiger partial charge in [0.05, 0.1) is 0 Å². The summed E-state index contributed by atoms with van der Waals surface area (Å²) < 4.78 is 14.4. The largest absolute Gasteiger partial charge is 0.207 e. The molecule has 0 spiro atoms. The highest BCUT2D eigenvalue weighted by molar-refractivity contribution is 5.65. The Labute approximate surface area is 183 Å². The molecular formula is C29H37F. The van der Waals surface area contributed by atoms with Crippen molar-refractivity contribution in [1.29, 1.82) is 0 Å². The second kappa shape index (κ2) is 11.9. The Morgan fingerprint density at radius 2 is 1.53 bits per heavy atom. The van der Waals surface area contributed by atoms with E-state index < -0.39 is 0 Å². The first-order valence-electron chi connectivity index (χ1n) is 12.1. The van der Waals surface area contributed by atoms with Gasteiger partial charge in [0.15, 0.2) is 0 Å². The van der Waals surface area contributed by atoms with E-state index in [1.165, 1.54) is 44.9 Å². The van der Waals surface area contributed by atoms with Gasteiger partial charge in [-0.05, 0) is 79.3 Å². The van der Waals surface area contributed by atoms with Crippen LogP contribution in [0.2, 0.25) is 0 Å². The number of aryl methyl sites for hydroxylation is 1. The predicted octanol–water partition coefficient (Wildman–Crippen LogP) is 8.57. The van der Waals surface area contributed by atoms with Crippen molar-refractivity contribution in [2.24, 2.45) is 11.8 Å². The second-order valence-electron chi connectivity index (χ2n) is 8.97. The third-order valence-electron chi connectivity index (χ3n) is 6.55. The van der Waals surface area contributed by atoms with Crippen LogP contribution in [0.3, 0.4) is 0 Å². The summed E-state index contributed by atoms with van der Waals surface area (Å²) in [7, 11) is 0. The summed E-state index contributed by atoms with van der Waals surface area (Å²) in [5.74, 6) is 8.28. The molecule has 2 aromatic carbocycles. The molecule has 1 aliphatic rings. The van der Waals surface area contributed by atoms with Crippen LogP contribution in [0, 0.1) is 29.5 Å². The Kier molecular flexibility index (Phi) is 9.00. The highest BCUT2D eigenvalue weighted by atomic mass is 19.1. The number of hydrogen-bond donors (Lipinski definition) is 0. The van der Waals surface area contributed by atoms with E-state index in [0.29, 0.717) is 5.92 Å². The zero-order valence-corrected chi connectivity index (χ0v) is 18.9. The molecule has 0 saturated heterocycles. The van der Waals surface area contributed by atoms with Gasteiger partial charge in [0.2, 0.25) is 0 Å². The van der Waals surface area contributed by atoms with Gasteiger partial charge in [-0.2, -0.15) is 0 Å². The van der Waals surface area contributed by atoms with Gasteiger partial charge in [-0.3, -0.25) is 0 Å². The molecule has 1 aliphatic carbocycles. The summed E-state index contributed by atoms with van der Waals surface area (Å²) in [5.41, 5.74) is 3.88. The molecule has 0 amide bonds. The Hall–Kier alpha value is -2.07. The molecule has 0 aliphatic heterocycles. The lowest BCUT2D eigenvalue weighted by atomic mass is 9.80. The SMILES string of the molecule is CCCCCc1ccc(-c2ccc(C#CC3CCC(CCCC)CC3)cc2)cc1F. The zero-order chi connectivity index (χ0) is 21.2. The van der Waals surface area contributed by atoms with Crippen LogP contribution < -0.4 is 0 Å². The van der Waals surface area contributed by atoms with Crippen LogP contribution in [0.5, 0.6) is 0 Å². The summed E-state index contributed by atoms with van der Waals surface area (Å²) in [5, 5.41) is 0. The van der Waals surface area contributed by atoms with E-state index in [9.17, 15) is 4.39 Å². The summed E-state index contributed by atoms with van der Waals surface area (Å²) >= 11 is 0. The van der Waals surface area contributed by atoms with Gasteiger partial charge in [-0.15, -0.1) is 0 Å². The number of unbranched alkanes of at least 4 members (excludes halogenated alkanes) is 3. The third-order valence-corrected chi connectivity index (χ3v) is 6.55. The lowest BCUT2D eigenvalue weighted by Crippen LogP contribution is -2.13. The minimum absolute atomic E-state index is 0.0815. The van der Waals surface area contributed by atoms with E-state index in [0.717, 1.165) is 53.9 Å². The molecule has 0 radical (unpaired) electrons. The normalized spacial score (nSPS) is 18.6. The van der Waals surface area contributed by atoms with Crippen molar-refractivity contribution >= 4 is 0 Å². The molecule has 0 bridgehead atoms. The summed E-state index contributed by atoms with van der Waals surface area (Å²) in [6, 6.07) is 13.9. The lowest BCUT2D eigenvalue weighted by molar-refractivity contribution is 0.296. The van der Waals surface area contributed by atoms with Crippen molar-refractivity contribution in [3.05, 3.63) is 59.4 Å². The summed E-state index contributed by atoms with van der Waals surface area (Å²) in [4.78, 5) is 0. The zero-order valence-electron chi connectivity index (χ0n) is 18.9. The van der Waals surface area contributed by atoms with Crippen molar-refractivity contribution in [3.63, 3.8) is 0 Å². The maximum absolute atomic E-state index is 14.4. The van der Waals surface area contributed by atoms with Crippen LogP contribution in [-0.4, -0.2) is 0 Å². The smallest absolute Gasteiger partial charge is 0.127 e. The van der Waals surface area contributed by atoms with E-state index in [1.54, 1.807) is 6.07 Å². The molecule has 30 heavy (non-hydrogen) atoms. The second-order valence-corrected chi connectivity index (χ2v) is 8.97. The van der Waals surface area contributed by atoms with Crippen molar-refractivity contribution in [2.45, 2.75) is 84.5 Å². The molecule has 160 valence electrons. The van der Waals surface area contributed by atoms with Crippen LogP contribution in [0.4, 0.5) is 4.39 Å². The maximum Gasteiger partial charge on any atom is 0.127 e. The molecule has 1 saturated carbocycles. The molecule has 0 N–H and O–H groups in total. The van der Waals surface area contributed by atoms with Gasteiger partial charge in [-0.1, -0.05) is 82.1 Å². The monoisotopic (exact) mass is 404 g/mol. The van der Waals surface area contributed by atoms with Crippen molar-refractivity contribution in [1.82, 2.24) is 0 Å². The molecule has 0 heterocycles. The van der Waals surface area contributed by atoms with E-state index in [4.69, 9.17) is 0 Å². The standard InChI is InChI=1S/C29H37F/c1-3-5-7-9-27-20-21-28(22-29(27)30)26-18-16-25(17-19-26)15-14-24-12-10-23(11-13-24)8-6-4-2/h16-24H,3-13H2,1-2H3. The fourth-order valence-electron chi connectivity index (χ4n) is 4.51. The molecule has 0 unspecified atom stereocenters. The Morgan fingerprint density at radius 3 is 2.20 bits per heavy atom. The fraction of sp³-hybridized carbons (Fsp3) is 0.517. The van der Waals surface area contributed by atoms with E-state index in [2.05, 4.69) is 50.0 Å². The minimum atomic E-state index is -0.0815. The third kappa shape index (κ3) is 6.73. The molecule has 0 nitrogen and oxygen atoms in total. The Bertz CT molecular complexity index is 829. The molecule has 0 atom stereocenters. The minimum Gasteiger partial charge on any atom is -0.207 e. The molecule has 1 fully saturated rings. The van der Waals surface area contributed by atoms with E-state index in [-0.39, 0.29) is 5.82 Å². The predicted molar refractivity (Wildman–Crippen MR) is 127 cm³/mol. The number of benzene rings is 2. The van der Waals surface area contributed by atoms with Crippen LogP contribution >= 0.6 is 0 Å². The van der Waals surface area contributed by atoms with Crippen molar-refractivity contribution < 1.29 is 4.39 Å². The first-order valence-corrected chi connectivity index (χ1v) is 12.1. The topological polar surface area (TPSA) is 0 Å². The first kappa shape index (κ1) is 22.6. The maximum atomic E-state index is 14.4. The molecular weight excluding hydrogens is 367 g/mol. The van der Waals surface area contributed by atoms with E-state index >= 15 is 0 Å². The quantitative estimate of drug-likeness (QED) is 0.305. The average Bonchev–Trinajstić information content (AvgIpc) is 2.78. The van der Waals surface area contributed by atoms with Gasteiger partial charge in [-0.25, -0.2) is 4.39 Å². The molecule has 2 aromatic rings. The van der Waals surface area contributed by atoms with Gasteiger partial charge in [0.25, 0.3) is 0 Å². The van der Waals surface area contributed by atoms with E-state index in [1.807, 2.05) is 12.1 Å². The highest BCUT2D eigenvalue weighted by Gasteiger charge is 2.19. The molecule has 3 rings (SSSR count). The van der Waals surface area contributed by atoms with Crippen molar-refractivity contribution in [3.8, 4) is 23.0 Å². The lowest BCUT2D eigenvalue weighted by Gasteiger charge is -2.25. The van der Waals surface area contributed by atoms with Gasteiger partial charge >= 0.3 is 0 Å². The van der Waals surface area contributed by atoms with Gasteiger partial charge in [0.1, 0.15) is 5.82 Å². The van der Waals surface area contributed by atoms with Gasteiger partial charge in [0, 0.05) is 11.5 Å². The summed E-state index contributed by atoms with van der Waals surface area (Å²) in [6.45, 7) is 4.45. The first-order chi connectivity index (χ1) is 14.7. The Morgan fingerprint density at radius 1 is 0.833 bits per heavy atom. The highest BCUT2D eigenvalue weighted by Crippen LogP contribution is 2.31. The van der Waals surface area contributed by atoms with Crippen LogP contribution in [0.25, 0.3) is 11.1 Å². The van der Waals surface area contributed by atoms with Crippen molar-refractivity contribution in [2.75, 3.05) is 0 Å². The van der Waals surface area contributed by atoms with Crippen LogP contribution in [-0.2, 0) is 6.42 Å². The average molecular weight is 405 g/mol. The van der Waals surface area contributed by atoms with Gasteiger partial charge < -0.3 is 0 Å². The molecule has 1 heteroatoms. The number of halogens is 1. The number of rotatable bonds is 8. The van der Waals surface area contributed by atoms with Crippen LogP contribution in [0.15, 0.2) is 42.5 Å². The summed E-state index contributed by atoms with van der Waals surface area (Å²) in [6.07, 6.45) is 13.5. The van der Waals surface area contributed by atoms with Crippen LogP contribution in [0.1, 0.15) is 89.2 Å². The Balaban J connectivity index is 1.56.